The molecule has 156 valence electrons. The van der Waals surface area contributed by atoms with Crippen LogP contribution in [-0.4, -0.2) is 53.8 Å². The SMILES string of the molecule is N#Cc1cc2c(cc1NCC(N)=O)OCCn1cc(N3C(=O)OCC3C(F)F)nc1-2. The average molecular weight is 418 g/mol. The van der Waals surface area contributed by atoms with Crippen LogP contribution in [0.5, 0.6) is 5.75 Å². The minimum Gasteiger partial charge on any atom is -0.491 e. The van der Waals surface area contributed by atoms with Gasteiger partial charge < -0.3 is 25.1 Å². The Labute approximate surface area is 168 Å². The van der Waals surface area contributed by atoms with E-state index < -0.39 is 31.1 Å². The van der Waals surface area contributed by atoms with E-state index in [9.17, 15) is 23.6 Å². The lowest BCUT2D eigenvalue weighted by Crippen LogP contribution is -2.38. The maximum atomic E-state index is 13.3. The number of imidazole rings is 1. The van der Waals surface area contributed by atoms with Gasteiger partial charge in [0.1, 0.15) is 36.9 Å². The van der Waals surface area contributed by atoms with Gasteiger partial charge in [0.2, 0.25) is 5.91 Å². The number of aromatic nitrogens is 2. The van der Waals surface area contributed by atoms with Crippen LogP contribution < -0.4 is 20.7 Å². The molecule has 0 saturated carbocycles. The molecular weight excluding hydrogens is 402 g/mol. The molecular formula is C18H16F2N6O4. The number of ether oxygens (including phenoxy) is 2. The Kier molecular flexibility index (Phi) is 4.86. The van der Waals surface area contributed by atoms with Gasteiger partial charge in [0.25, 0.3) is 6.43 Å². The summed E-state index contributed by atoms with van der Waals surface area (Å²) in [5, 5.41) is 12.3. The number of rotatable bonds is 5. The quantitative estimate of drug-likeness (QED) is 0.747. The molecule has 1 saturated heterocycles. The number of benzene rings is 1. The summed E-state index contributed by atoms with van der Waals surface area (Å²) in [5.74, 6) is 0.163. The molecule has 2 aliphatic heterocycles. The van der Waals surface area contributed by atoms with E-state index in [1.54, 1.807) is 10.6 Å². The molecule has 30 heavy (non-hydrogen) atoms. The number of hydrogen-bond acceptors (Lipinski definition) is 7. The number of carbonyl (C=O) groups excluding carboxylic acids is 2. The van der Waals surface area contributed by atoms with Crippen molar-refractivity contribution in [3.05, 3.63) is 23.9 Å². The van der Waals surface area contributed by atoms with Gasteiger partial charge in [-0.25, -0.2) is 23.5 Å². The summed E-state index contributed by atoms with van der Waals surface area (Å²) in [6.07, 6.45) is -2.22. The molecule has 12 heteroatoms. The lowest BCUT2D eigenvalue weighted by molar-refractivity contribution is -0.116. The number of carbonyl (C=O) groups is 2. The lowest BCUT2D eigenvalue weighted by Gasteiger charge is -2.17. The van der Waals surface area contributed by atoms with E-state index in [-0.39, 0.29) is 24.5 Å². The highest BCUT2D eigenvalue weighted by Crippen LogP contribution is 2.38. The summed E-state index contributed by atoms with van der Waals surface area (Å²) < 4.78 is 38.8. The monoisotopic (exact) mass is 418 g/mol. The van der Waals surface area contributed by atoms with Crippen molar-refractivity contribution in [2.24, 2.45) is 5.73 Å². The zero-order valence-electron chi connectivity index (χ0n) is 15.5. The van der Waals surface area contributed by atoms with E-state index in [4.69, 9.17) is 15.2 Å². The largest absolute Gasteiger partial charge is 0.491 e. The molecule has 0 radical (unpaired) electrons. The van der Waals surface area contributed by atoms with Gasteiger partial charge in [0.05, 0.1) is 29.9 Å². The van der Waals surface area contributed by atoms with Crippen molar-refractivity contribution in [1.29, 1.82) is 5.26 Å². The predicted octanol–water partition coefficient (Wildman–Crippen LogP) is 1.30. The van der Waals surface area contributed by atoms with Crippen LogP contribution >= 0.6 is 0 Å². The molecule has 1 atom stereocenters. The molecule has 10 nitrogen and oxygen atoms in total. The maximum Gasteiger partial charge on any atom is 0.416 e. The van der Waals surface area contributed by atoms with Gasteiger partial charge in [-0.05, 0) is 6.07 Å². The molecule has 4 rings (SSSR count). The van der Waals surface area contributed by atoms with Gasteiger partial charge >= 0.3 is 6.09 Å². The Bertz CT molecular complexity index is 1060. The summed E-state index contributed by atoms with van der Waals surface area (Å²) in [5.41, 5.74) is 6.15. The fraction of sp³-hybridized carbons (Fsp3) is 0.333. The van der Waals surface area contributed by atoms with Crippen molar-refractivity contribution in [2.45, 2.75) is 19.0 Å². The first-order chi connectivity index (χ1) is 14.4. The first-order valence-electron chi connectivity index (χ1n) is 8.94. The second-order valence-corrected chi connectivity index (χ2v) is 6.64. The fourth-order valence-corrected chi connectivity index (χ4v) is 3.34. The average Bonchev–Trinajstić information content (AvgIpc) is 3.25. The minimum atomic E-state index is -2.79. The van der Waals surface area contributed by atoms with Crippen LogP contribution in [0.3, 0.4) is 0 Å². The molecule has 2 aromatic rings. The number of fused-ring (bicyclic) bond motifs is 3. The predicted molar refractivity (Wildman–Crippen MR) is 99.2 cm³/mol. The molecule has 1 aromatic carbocycles. The number of anilines is 2. The smallest absolute Gasteiger partial charge is 0.416 e. The number of alkyl halides is 2. The molecule has 0 bridgehead atoms. The van der Waals surface area contributed by atoms with Crippen LogP contribution in [0.15, 0.2) is 18.3 Å². The molecule has 2 amide bonds. The van der Waals surface area contributed by atoms with Crippen molar-refractivity contribution in [2.75, 3.05) is 30.0 Å². The highest BCUT2D eigenvalue weighted by molar-refractivity contribution is 5.90. The van der Waals surface area contributed by atoms with Crippen LogP contribution in [0.25, 0.3) is 11.4 Å². The third-order valence-electron chi connectivity index (χ3n) is 4.73. The number of cyclic esters (lactones) is 1. The maximum absolute atomic E-state index is 13.3. The fourth-order valence-electron chi connectivity index (χ4n) is 3.34. The number of nitrogens with two attached hydrogens (primary N) is 1. The third kappa shape index (κ3) is 3.34. The lowest BCUT2D eigenvalue weighted by atomic mass is 10.1. The first kappa shape index (κ1) is 19.4. The number of amides is 2. The zero-order chi connectivity index (χ0) is 21.4. The number of primary amides is 1. The summed E-state index contributed by atoms with van der Waals surface area (Å²) in [6.45, 7) is -0.0188. The Morgan fingerprint density at radius 2 is 2.23 bits per heavy atom. The van der Waals surface area contributed by atoms with Crippen LogP contribution in [0.1, 0.15) is 5.56 Å². The Balaban J connectivity index is 1.76. The van der Waals surface area contributed by atoms with Crippen molar-refractivity contribution in [3.8, 4) is 23.2 Å². The number of nitrogens with one attached hydrogen (secondary N) is 1. The Morgan fingerprint density at radius 1 is 1.43 bits per heavy atom. The van der Waals surface area contributed by atoms with E-state index in [2.05, 4.69) is 10.3 Å². The molecule has 1 aromatic heterocycles. The van der Waals surface area contributed by atoms with Crippen molar-refractivity contribution >= 4 is 23.5 Å². The highest BCUT2D eigenvalue weighted by atomic mass is 19.3. The molecule has 0 aliphatic carbocycles. The van der Waals surface area contributed by atoms with Crippen LogP contribution in [0, 0.1) is 11.3 Å². The second-order valence-electron chi connectivity index (χ2n) is 6.64. The molecule has 0 spiro atoms. The van der Waals surface area contributed by atoms with Crippen LogP contribution in [0.4, 0.5) is 25.1 Å². The van der Waals surface area contributed by atoms with E-state index >= 15 is 0 Å². The minimum absolute atomic E-state index is 0.0279. The van der Waals surface area contributed by atoms with Gasteiger partial charge in [-0.2, -0.15) is 5.26 Å². The van der Waals surface area contributed by atoms with Gasteiger partial charge in [-0.3, -0.25) is 4.79 Å². The summed E-state index contributed by atoms with van der Waals surface area (Å²) in [4.78, 5) is 28.2. The summed E-state index contributed by atoms with van der Waals surface area (Å²) >= 11 is 0. The van der Waals surface area contributed by atoms with E-state index in [1.807, 2.05) is 6.07 Å². The number of nitrogens with zero attached hydrogens (tertiary/aromatic N) is 4. The van der Waals surface area contributed by atoms with Gasteiger partial charge in [-0.1, -0.05) is 0 Å². The van der Waals surface area contributed by atoms with E-state index in [0.717, 1.165) is 4.90 Å². The Hall–Kier alpha value is -3.88. The Morgan fingerprint density at radius 3 is 2.93 bits per heavy atom. The normalized spacial score (nSPS) is 17.5. The number of nitriles is 1. The topological polar surface area (TPSA) is 136 Å². The highest BCUT2D eigenvalue weighted by Gasteiger charge is 2.42. The van der Waals surface area contributed by atoms with E-state index in [1.165, 1.54) is 12.3 Å². The van der Waals surface area contributed by atoms with Crippen molar-refractivity contribution < 1.29 is 27.8 Å². The first-order valence-corrected chi connectivity index (χ1v) is 8.94. The van der Waals surface area contributed by atoms with E-state index in [0.29, 0.717) is 29.4 Å². The molecule has 3 N–H and O–H groups in total. The molecule has 1 unspecified atom stereocenters. The zero-order valence-corrected chi connectivity index (χ0v) is 15.5. The van der Waals surface area contributed by atoms with Gasteiger partial charge in [-0.15, -0.1) is 0 Å². The molecule has 1 fully saturated rings. The van der Waals surface area contributed by atoms with Gasteiger partial charge in [0, 0.05) is 12.3 Å². The summed E-state index contributed by atoms with van der Waals surface area (Å²) in [7, 11) is 0. The van der Waals surface area contributed by atoms with Crippen molar-refractivity contribution in [3.63, 3.8) is 0 Å². The summed E-state index contributed by atoms with van der Waals surface area (Å²) in [6, 6.07) is 3.65. The second kappa shape index (κ2) is 7.51. The number of halogens is 2. The van der Waals surface area contributed by atoms with Crippen LogP contribution in [-0.2, 0) is 16.1 Å². The van der Waals surface area contributed by atoms with Gasteiger partial charge in [0.15, 0.2) is 5.82 Å². The van der Waals surface area contributed by atoms with Crippen molar-refractivity contribution in [1.82, 2.24) is 9.55 Å². The third-order valence-corrected chi connectivity index (χ3v) is 4.73. The molecule has 2 aliphatic rings. The van der Waals surface area contributed by atoms with Crippen LogP contribution in [0.2, 0.25) is 0 Å². The number of hydrogen-bond donors (Lipinski definition) is 2. The molecule has 3 heterocycles. The standard InChI is InChI=1S/C18H16F2N6O4/c19-16(20)12-8-30-18(28)26(12)15-7-25-1-2-29-13-4-11(23-6-14(22)27)9(5-21)3-10(13)17(25)24-15/h3-4,7,12,16,23H,1-2,6,8H2,(H2,22,27).